The van der Waals surface area contributed by atoms with Gasteiger partial charge in [-0.15, -0.1) is 0 Å². The molecule has 1 aliphatic rings. The second kappa shape index (κ2) is 6.06. The summed E-state index contributed by atoms with van der Waals surface area (Å²) in [5.41, 5.74) is -0.115. The molecule has 0 aliphatic carbocycles. The first-order valence-electron chi connectivity index (χ1n) is 6.29. The first kappa shape index (κ1) is 13.9. The minimum atomic E-state index is -0.433. The largest absolute Gasteiger partial charge is 0.394 e. The van der Waals surface area contributed by atoms with Crippen molar-refractivity contribution in [3.05, 3.63) is 30.3 Å². The van der Waals surface area contributed by atoms with Gasteiger partial charge in [0.25, 0.3) is 0 Å². The van der Waals surface area contributed by atoms with Crippen LogP contribution in [0, 0.1) is 11.8 Å². The zero-order valence-corrected chi connectivity index (χ0v) is 11.5. The fourth-order valence-corrected chi connectivity index (χ4v) is 3.41. The number of aliphatic hydroxyl groups is 2. The summed E-state index contributed by atoms with van der Waals surface area (Å²) < 4.78 is 5.89. The number of thioether (sulfide) groups is 1. The van der Waals surface area contributed by atoms with Gasteiger partial charge in [-0.25, -0.2) is 0 Å². The maximum Gasteiger partial charge on any atom is 0.113 e. The molecule has 0 bridgehead atoms. The van der Waals surface area contributed by atoms with Gasteiger partial charge in [-0.3, -0.25) is 0 Å². The highest BCUT2D eigenvalue weighted by Gasteiger charge is 2.40. The number of rotatable bonds is 3. The van der Waals surface area contributed by atoms with Gasteiger partial charge in [0.15, 0.2) is 0 Å². The highest BCUT2D eigenvalue weighted by atomic mass is 32.2. The molecule has 1 aromatic rings. The maximum absolute atomic E-state index is 10.2. The van der Waals surface area contributed by atoms with Gasteiger partial charge < -0.3 is 14.9 Å². The summed E-state index contributed by atoms with van der Waals surface area (Å²) in [4.78, 5) is 1.12. The van der Waals surface area contributed by atoms with E-state index in [0.717, 1.165) is 4.90 Å². The standard InChI is InChI=1S/C14H20O3S/c1-9-12(8-15)17-14(10(2)13(9)16)18-11-6-4-3-5-7-11/h3-7,9-10,12-16H,8H2,1-2H3/t9-,10?,12?,13+,14-/m1/s1. The Kier molecular flexibility index (Phi) is 4.67. The van der Waals surface area contributed by atoms with E-state index < -0.39 is 6.10 Å². The van der Waals surface area contributed by atoms with Crippen LogP contribution in [0.3, 0.4) is 0 Å². The van der Waals surface area contributed by atoms with Crippen molar-refractivity contribution in [1.29, 1.82) is 0 Å². The molecule has 0 amide bonds. The van der Waals surface area contributed by atoms with Gasteiger partial charge >= 0.3 is 0 Å². The zero-order chi connectivity index (χ0) is 13.1. The van der Waals surface area contributed by atoms with Crippen molar-refractivity contribution in [2.75, 3.05) is 6.61 Å². The van der Waals surface area contributed by atoms with E-state index in [0.29, 0.717) is 0 Å². The van der Waals surface area contributed by atoms with Crippen LogP contribution in [0.1, 0.15) is 13.8 Å². The van der Waals surface area contributed by atoms with Crippen LogP contribution in [0.25, 0.3) is 0 Å². The van der Waals surface area contributed by atoms with Crippen LogP contribution < -0.4 is 0 Å². The Morgan fingerprint density at radius 3 is 2.44 bits per heavy atom. The van der Waals surface area contributed by atoms with E-state index in [1.54, 1.807) is 11.8 Å². The minimum Gasteiger partial charge on any atom is -0.394 e. The number of ether oxygens (including phenoxy) is 1. The zero-order valence-electron chi connectivity index (χ0n) is 10.7. The lowest BCUT2D eigenvalue weighted by molar-refractivity contribution is -0.144. The van der Waals surface area contributed by atoms with Crippen molar-refractivity contribution >= 4 is 11.8 Å². The lowest BCUT2D eigenvalue weighted by atomic mass is 9.87. The molecule has 4 heteroatoms. The van der Waals surface area contributed by atoms with E-state index in [-0.39, 0.29) is 30.0 Å². The summed E-state index contributed by atoms with van der Waals surface area (Å²) in [5.74, 6) is 0.0191. The van der Waals surface area contributed by atoms with Crippen LogP contribution >= 0.6 is 11.8 Å². The van der Waals surface area contributed by atoms with E-state index in [9.17, 15) is 10.2 Å². The van der Waals surface area contributed by atoms with Gasteiger partial charge in [0.05, 0.1) is 18.8 Å². The molecule has 2 N–H and O–H groups in total. The fourth-order valence-electron chi connectivity index (χ4n) is 2.26. The topological polar surface area (TPSA) is 49.7 Å². The van der Waals surface area contributed by atoms with Gasteiger partial charge in [0.2, 0.25) is 0 Å². The first-order valence-corrected chi connectivity index (χ1v) is 7.17. The molecule has 1 fully saturated rings. The van der Waals surface area contributed by atoms with Gasteiger partial charge in [0.1, 0.15) is 5.44 Å². The van der Waals surface area contributed by atoms with E-state index >= 15 is 0 Å². The SMILES string of the molecule is CC1[C@@H](Sc2ccccc2)OC(CO)[C@@H](C)[C@@H]1O. The smallest absolute Gasteiger partial charge is 0.113 e. The molecule has 1 aromatic carbocycles. The molecule has 1 aliphatic heterocycles. The molecule has 0 radical (unpaired) electrons. The van der Waals surface area contributed by atoms with Crippen molar-refractivity contribution in [3.8, 4) is 0 Å². The first-order chi connectivity index (χ1) is 8.63. The van der Waals surface area contributed by atoms with Gasteiger partial charge in [-0.1, -0.05) is 43.8 Å². The van der Waals surface area contributed by atoms with E-state index in [4.69, 9.17) is 4.74 Å². The van der Waals surface area contributed by atoms with Crippen LogP contribution in [0.5, 0.6) is 0 Å². The number of hydrogen-bond acceptors (Lipinski definition) is 4. The number of benzene rings is 1. The third-order valence-electron chi connectivity index (χ3n) is 3.58. The lowest BCUT2D eigenvalue weighted by Crippen LogP contribution is -2.49. The molecule has 0 aromatic heterocycles. The van der Waals surface area contributed by atoms with Crippen LogP contribution in [-0.2, 0) is 4.74 Å². The molecular formula is C14H20O3S. The molecular weight excluding hydrogens is 248 g/mol. The van der Waals surface area contributed by atoms with Crippen molar-refractivity contribution < 1.29 is 14.9 Å². The summed E-state index contributed by atoms with van der Waals surface area (Å²) in [5, 5.41) is 19.5. The maximum atomic E-state index is 10.2. The summed E-state index contributed by atoms with van der Waals surface area (Å²) in [6.07, 6.45) is -0.713. The summed E-state index contributed by atoms with van der Waals surface area (Å²) >= 11 is 1.60. The number of aliphatic hydroxyl groups excluding tert-OH is 2. The Morgan fingerprint density at radius 2 is 1.83 bits per heavy atom. The normalized spacial score (nSPS) is 36.6. The Balaban J connectivity index is 2.08. The second-order valence-electron chi connectivity index (χ2n) is 4.87. The fraction of sp³-hybridized carbons (Fsp3) is 0.571. The van der Waals surface area contributed by atoms with Crippen molar-refractivity contribution in [1.82, 2.24) is 0 Å². The van der Waals surface area contributed by atoms with Crippen molar-refractivity contribution in [3.63, 3.8) is 0 Å². The summed E-state index contributed by atoms with van der Waals surface area (Å²) in [6.45, 7) is 3.87. The van der Waals surface area contributed by atoms with Crippen LogP contribution in [-0.4, -0.2) is 34.5 Å². The van der Waals surface area contributed by atoms with Crippen molar-refractivity contribution in [2.24, 2.45) is 11.8 Å². The lowest BCUT2D eigenvalue weighted by Gasteiger charge is -2.41. The molecule has 0 saturated carbocycles. The predicted octanol–water partition coefficient (Wildman–Crippen LogP) is 2.13. The van der Waals surface area contributed by atoms with Crippen LogP contribution in [0.15, 0.2) is 35.2 Å². The predicted molar refractivity (Wildman–Crippen MR) is 72.4 cm³/mol. The van der Waals surface area contributed by atoms with Crippen LogP contribution in [0.4, 0.5) is 0 Å². The molecule has 1 heterocycles. The van der Waals surface area contributed by atoms with Crippen LogP contribution in [0.2, 0.25) is 0 Å². The molecule has 1 saturated heterocycles. The Labute approximate surface area is 112 Å². The second-order valence-corrected chi connectivity index (χ2v) is 6.04. The molecule has 5 atom stereocenters. The Hall–Kier alpha value is -0.550. The molecule has 100 valence electrons. The quantitative estimate of drug-likeness (QED) is 0.881. The summed E-state index contributed by atoms with van der Waals surface area (Å²) in [6, 6.07) is 10.00. The highest BCUT2D eigenvalue weighted by molar-refractivity contribution is 7.99. The molecule has 2 unspecified atom stereocenters. The van der Waals surface area contributed by atoms with Gasteiger partial charge in [0, 0.05) is 16.7 Å². The molecule has 18 heavy (non-hydrogen) atoms. The molecule has 3 nitrogen and oxygen atoms in total. The molecule has 0 spiro atoms. The third kappa shape index (κ3) is 2.88. The van der Waals surface area contributed by atoms with Gasteiger partial charge in [-0.05, 0) is 12.1 Å². The molecule has 2 rings (SSSR count). The Bertz CT molecular complexity index is 369. The van der Waals surface area contributed by atoms with Crippen molar-refractivity contribution in [2.45, 2.75) is 36.4 Å². The van der Waals surface area contributed by atoms with E-state index in [1.807, 2.05) is 44.2 Å². The average Bonchev–Trinajstić information content (AvgIpc) is 2.40. The summed E-state index contributed by atoms with van der Waals surface area (Å²) in [7, 11) is 0. The third-order valence-corrected chi connectivity index (χ3v) is 4.89. The monoisotopic (exact) mass is 268 g/mol. The average molecular weight is 268 g/mol. The Morgan fingerprint density at radius 1 is 1.17 bits per heavy atom. The number of hydrogen-bond donors (Lipinski definition) is 2. The van der Waals surface area contributed by atoms with E-state index in [1.165, 1.54) is 0 Å². The van der Waals surface area contributed by atoms with Gasteiger partial charge in [-0.2, -0.15) is 0 Å². The van der Waals surface area contributed by atoms with E-state index in [2.05, 4.69) is 0 Å². The minimum absolute atomic E-state index is 0.0300. The highest BCUT2D eigenvalue weighted by Crippen LogP contribution is 2.38.